The maximum Gasteiger partial charge on any atom is 0.262 e. The van der Waals surface area contributed by atoms with Gasteiger partial charge in [-0.3, -0.25) is 4.79 Å². The molecule has 94 valence electrons. The maximum atomic E-state index is 12.0. The number of carbonyl (C=O) groups excluding carboxylic acids is 1. The smallest absolute Gasteiger partial charge is 0.262 e. The second-order valence-corrected chi connectivity index (χ2v) is 5.57. The van der Waals surface area contributed by atoms with Crippen molar-refractivity contribution >= 4 is 41.0 Å². The molecule has 2 aromatic rings. The first-order valence-corrected chi connectivity index (χ1v) is 6.98. The van der Waals surface area contributed by atoms with Gasteiger partial charge in [-0.25, -0.2) is 0 Å². The quantitative estimate of drug-likeness (QED) is 0.786. The molecule has 0 saturated carbocycles. The third-order valence-electron chi connectivity index (χ3n) is 2.77. The van der Waals surface area contributed by atoms with Gasteiger partial charge < -0.3 is 5.32 Å². The van der Waals surface area contributed by atoms with Crippen LogP contribution in [0.2, 0.25) is 5.02 Å². The van der Waals surface area contributed by atoms with Crippen LogP contribution in [0.5, 0.6) is 0 Å². The Kier molecular flexibility index (Phi) is 3.32. The van der Waals surface area contributed by atoms with Gasteiger partial charge in [0.25, 0.3) is 5.91 Å². The number of halogens is 1. The highest BCUT2D eigenvalue weighted by Gasteiger charge is 2.20. The van der Waals surface area contributed by atoms with Gasteiger partial charge in [0.2, 0.25) is 0 Å². The number of anilines is 1. The Morgan fingerprint density at radius 1 is 1.05 bits per heavy atom. The molecule has 19 heavy (non-hydrogen) atoms. The van der Waals surface area contributed by atoms with Crippen molar-refractivity contribution < 1.29 is 4.79 Å². The maximum absolute atomic E-state index is 12.0. The summed E-state index contributed by atoms with van der Waals surface area (Å²) in [7, 11) is 0. The molecule has 4 heteroatoms. The molecular formula is C15H10ClNOS. The predicted molar refractivity (Wildman–Crippen MR) is 80.4 cm³/mol. The minimum Gasteiger partial charge on any atom is -0.320 e. The van der Waals surface area contributed by atoms with Crippen molar-refractivity contribution in [2.24, 2.45) is 0 Å². The summed E-state index contributed by atoms with van der Waals surface area (Å²) in [5.74, 6) is -0.0939. The molecule has 3 rings (SSSR count). The number of amides is 1. The number of hydrogen-bond donors (Lipinski definition) is 1. The molecule has 0 saturated heterocycles. The lowest BCUT2D eigenvalue weighted by Crippen LogP contribution is -2.17. The van der Waals surface area contributed by atoms with Crippen molar-refractivity contribution in [2.45, 2.75) is 4.90 Å². The second kappa shape index (κ2) is 5.11. The van der Waals surface area contributed by atoms with E-state index in [-0.39, 0.29) is 5.91 Å². The van der Waals surface area contributed by atoms with Gasteiger partial charge in [0, 0.05) is 9.92 Å². The molecule has 0 bridgehead atoms. The summed E-state index contributed by atoms with van der Waals surface area (Å²) in [6.45, 7) is 0. The Morgan fingerprint density at radius 2 is 1.79 bits per heavy atom. The minimum absolute atomic E-state index is 0.0939. The van der Waals surface area contributed by atoms with E-state index in [2.05, 4.69) is 5.32 Å². The fourth-order valence-electron chi connectivity index (χ4n) is 1.84. The summed E-state index contributed by atoms with van der Waals surface area (Å²) in [4.78, 5) is 13.7. The van der Waals surface area contributed by atoms with Gasteiger partial charge in [0.1, 0.15) is 0 Å². The van der Waals surface area contributed by atoms with Gasteiger partial charge in [-0.05, 0) is 29.8 Å². The molecule has 2 aromatic carbocycles. The summed E-state index contributed by atoms with van der Waals surface area (Å²) in [5.41, 5.74) is 1.70. The normalized spacial score (nSPS) is 16.1. The molecule has 1 aliphatic rings. The standard InChI is InChI=1S/C15H10ClNOS/c16-11-6-2-1-5-10(11)9-14-15(18)17-12-7-3-4-8-13(12)19-14/h1-9H,(H,17,18)/b14-9-. The second-order valence-electron chi connectivity index (χ2n) is 4.08. The highest BCUT2D eigenvalue weighted by molar-refractivity contribution is 8.04. The Balaban J connectivity index is 1.99. The topological polar surface area (TPSA) is 29.1 Å². The monoisotopic (exact) mass is 287 g/mol. The number of thioether (sulfide) groups is 1. The van der Waals surface area contributed by atoms with Crippen LogP contribution in [0.15, 0.2) is 58.3 Å². The molecule has 0 aliphatic carbocycles. The van der Waals surface area contributed by atoms with Crippen LogP contribution in [-0.4, -0.2) is 5.91 Å². The van der Waals surface area contributed by atoms with Gasteiger partial charge in [0.15, 0.2) is 0 Å². The highest BCUT2D eigenvalue weighted by Crippen LogP contribution is 2.38. The Bertz CT molecular complexity index is 681. The Labute approximate surface area is 120 Å². The van der Waals surface area contributed by atoms with E-state index >= 15 is 0 Å². The highest BCUT2D eigenvalue weighted by atomic mass is 35.5. The van der Waals surface area contributed by atoms with Crippen LogP contribution in [-0.2, 0) is 4.79 Å². The fourth-order valence-corrected chi connectivity index (χ4v) is 2.97. The summed E-state index contributed by atoms with van der Waals surface area (Å²) in [5, 5.41) is 3.52. The number of carbonyl (C=O) groups is 1. The van der Waals surface area contributed by atoms with Crippen molar-refractivity contribution in [3.05, 3.63) is 64.0 Å². The van der Waals surface area contributed by atoms with Crippen molar-refractivity contribution in [1.29, 1.82) is 0 Å². The fraction of sp³-hybridized carbons (Fsp3) is 0. The first-order valence-electron chi connectivity index (χ1n) is 5.78. The van der Waals surface area contributed by atoms with Gasteiger partial charge in [-0.15, -0.1) is 0 Å². The number of nitrogens with one attached hydrogen (secondary N) is 1. The molecule has 0 aromatic heterocycles. The summed E-state index contributed by atoms with van der Waals surface area (Å²) in [6.07, 6.45) is 1.82. The molecule has 0 fully saturated rings. The SMILES string of the molecule is O=C1Nc2ccccc2S/C1=C\c1ccccc1Cl. The molecule has 1 heterocycles. The summed E-state index contributed by atoms with van der Waals surface area (Å²) < 4.78 is 0. The molecule has 0 atom stereocenters. The number of hydrogen-bond acceptors (Lipinski definition) is 2. The predicted octanol–water partition coefficient (Wildman–Crippen LogP) is 4.43. The third kappa shape index (κ3) is 2.53. The van der Waals surface area contributed by atoms with Crippen LogP contribution in [0.25, 0.3) is 6.08 Å². The lowest BCUT2D eigenvalue weighted by molar-refractivity contribution is -0.112. The van der Waals surface area contributed by atoms with Crippen LogP contribution >= 0.6 is 23.4 Å². The number of para-hydroxylation sites is 1. The van der Waals surface area contributed by atoms with E-state index in [0.717, 1.165) is 16.1 Å². The first-order chi connectivity index (χ1) is 9.24. The average molecular weight is 288 g/mol. The zero-order valence-corrected chi connectivity index (χ0v) is 11.5. The Hall–Kier alpha value is -1.71. The minimum atomic E-state index is -0.0939. The van der Waals surface area contributed by atoms with Crippen LogP contribution in [0.3, 0.4) is 0 Å². The largest absolute Gasteiger partial charge is 0.320 e. The summed E-state index contributed by atoms with van der Waals surface area (Å²) in [6, 6.07) is 15.2. The van der Waals surface area contributed by atoms with Crippen molar-refractivity contribution in [3.63, 3.8) is 0 Å². The molecule has 1 N–H and O–H groups in total. The molecule has 0 radical (unpaired) electrons. The van der Waals surface area contributed by atoms with Crippen LogP contribution < -0.4 is 5.32 Å². The van der Waals surface area contributed by atoms with E-state index in [9.17, 15) is 4.79 Å². The van der Waals surface area contributed by atoms with E-state index in [1.807, 2.05) is 54.6 Å². The number of fused-ring (bicyclic) bond motifs is 1. The van der Waals surface area contributed by atoms with Crippen LogP contribution in [0, 0.1) is 0 Å². The van der Waals surface area contributed by atoms with Gasteiger partial charge >= 0.3 is 0 Å². The van der Waals surface area contributed by atoms with Gasteiger partial charge in [0.05, 0.1) is 10.6 Å². The van der Waals surface area contributed by atoms with E-state index in [4.69, 9.17) is 11.6 Å². The van der Waals surface area contributed by atoms with Crippen LogP contribution in [0.1, 0.15) is 5.56 Å². The van der Waals surface area contributed by atoms with Crippen molar-refractivity contribution in [3.8, 4) is 0 Å². The Morgan fingerprint density at radius 3 is 2.63 bits per heavy atom. The van der Waals surface area contributed by atoms with E-state index in [0.29, 0.717) is 9.93 Å². The van der Waals surface area contributed by atoms with E-state index < -0.39 is 0 Å². The molecule has 0 spiro atoms. The van der Waals surface area contributed by atoms with E-state index in [1.165, 1.54) is 11.8 Å². The zero-order valence-electron chi connectivity index (χ0n) is 9.89. The molecule has 1 amide bonds. The molecule has 2 nitrogen and oxygen atoms in total. The van der Waals surface area contributed by atoms with Crippen molar-refractivity contribution in [1.82, 2.24) is 0 Å². The third-order valence-corrected chi connectivity index (χ3v) is 4.21. The van der Waals surface area contributed by atoms with Crippen molar-refractivity contribution in [2.75, 3.05) is 5.32 Å². The first kappa shape index (κ1) is 12.3. The summed E-state index contributed by atoms with van der Waals surface area (Å²) >= 11 is 7.56. The molecule has 0 unspecified atom stereocenters. The average Bonchev–Trinajstić information content (AvgIpc) is 2.42. The van der Waals surface area contributed by atoms with E-state index in [1.54, 1.807) is 0 Å². The molecule has 1 aliphatic heterocycles. The van der Waals surface area contributed by atoms with Gasteiger partial charge in [-0.2, -0.15) is 0 Å². The zero-order chi connectivity index (χ0) is 13.2. The number of benzene rings is 2. The van der Waals surface area contributed by atoms with Gasteiger partial charge in [-0.1, -0.05) is 53.7 Å². The van der Waals surface area contributed by atoms with Crippen LogP contribution in [0.4, 0.5) is 5.69 Å². The lowest BCUT2D eigenvalue weighted by atomic mass is 10.2. The molecular weight excluding hydrogens is 278 g/mol. The number of rotatable bonds is 1. The lowest BCUT2D eigenvalue weighted by Gasteiger charge is -2.18.